The lowest BCUT2D eigenvalue weighted by Crippen LogP contribution is -2.15. The Kier molecular flexibility index (Phi) is 5.98. The molecular formula is C19H20BrNO4S. The summed E-state index contributed by atoms with van der Waals surface area (Å²) in [6, 6.07) is 5.12. The van der Waals surface area contributed by atoms with Crippen molar-refractivity contribution in [2.45, 2.75) is 32.6 Å². The van der Waals surface area contributed by atoms with E-state index in [1.165, 1.54) is 16.2 Å². The van der Waals surface area contributed by atoms with Gasteiger partial charge in [-0.2, -0.15) is 0 Å². The molecule has 5 nitrogen and oxygen atoms in total. The van der Waals surface area contributed by atoms with Gasteiger partial charge in [0, 0.05) is 10.4 Å². The average molecular weight is 438 g/mol. The lowest BCUT2D eigenvalue weighted by atomic mass is 9.95. The highest BCUT2D eigenvalue weighted by molar-refractivity contribution is 9.10. The number of esters is 1. The molecule has 0 radical (unpaired) electrons. The number of hydrogen-bond donors (Lipinski definition) is 1. The second kappa shape index (κ2) is 8.22. The van der Waals surface area contributed by atoms with Gasteiger partial charge in [0.2, 0.25) is 0 Å². The van der Waals surface area contributed by atoms with Crippen LogP contribution in [0, 0.1) is 0 Å². The summed E-state index contributed by atoms with van der Waals surface area (Å²) in [4.78, 5) is 26.3. The molecule has 3 rings (SSSR count). The summed E-state index contributed by atoms with van der Waals surface area (Å²) in [5, 5.41) is 3.48. The summed E-state index contributed by atoms with van der Waals surface area (Å²) in [5.74, 6) is 0.0240. The zero-order chi connectivity index (χ0) is 18.7. The summed E-state index contributed by atoms with van der Waals surface area (Å²) in [6.45, 7) is 2.09. The molecule has 1 aliphatic rings. The molecule has 0 atom stereocenters. The van der Waals surface area contributed by atoms with E-state index in [0.717, 1.165) is 31.2 Å². The van der Waals surface area contributed by atoms with Crippen molar-refractivity contribution in [3.8, 4) is 5.75 Å². The standard InChI is InChI=1S/C19H20BrNO4S/c1-3-25-19(23)16-12-6-4-5-7-15(12)26-18(16)21-17(22)11-8-9-14(24-2)13(20)10-11/h8-10H,3-7H2,1-2H3,(H,21,22). The molecule has 1 N–H and O–H groups in total. The fourth-order valence-corrected chi connectivity index (χ4v) is 4.87. The van der Waals surface area contributed by atoms with Crippen molar-refractivity contribution < 1.29 is 19.1 Å². The van der Waals surface area contributed by atoms with Gasteiger partial charge in [0.05, 0.1) is 23.8 Å². The number of thiophene rings is 1. The molecule has 1 aliphatic carbocycles. The van der Waals surface area contributed by atoms with Gasteiger partial charge >= 0.3 is 5.97 Å². The van der Waals surface area contributed by atoms with Crippen molar-refractivity contribution >= 4 is 44.1 Å². The Bertz CT molecular complexity index is 846. The molecule has 1 aromatic heterocycles. The molecular weight excluding hydrogens is 418 g/mol. The number of amides is 1. The number of carbonyl (C=O) groups excluding carboxylic acids is 2. The molecule has 0 unspecified atom stereocenters. The largest absolute Gasteiger partial charge is 0.496 e. The molecule has 0 spiro atoms. The molecule has 0 bridgehead atoms. The molecule has 0 fully saturated rings. The first kappa shape index (κ1) is 18.9. The van der Waals surface area contributed by atoms with E-state index in [1.807, 2.05) is 0 Å². The Morgan fingerprint density at radius 1 is 1.27 bits per heavy atom. The lowest BCUT2D eigenvalue weighted by Gasteiger charge is -2.12. The van der Waals surface area contributed by atoms with E-state index in [4.69, 9.17) is 9.47 Å². The number of rotatable bonds is 5. The van der Waals surface area contributed by atoms with Crippen LogP contribution in [0.5, 0.6) is 5.75 Å². The van der Waals surface area contributed by atoms with E-state index in [1.54, 1.807) is 32.2 Å². The first-order valence-corrected chi connectivity index (χ1v) is 10.1. The van der Waals surface area contributed by atoms with Crippen LogP contribution in [0.25, 0.3) is 0 Å². The average Bonchev–Trinajstić information content (AvgIpc) is 2.99. The Hall–Kier alpha value is -1.86. The van der Waals surface area contributed by atoms with Crippen molar-refractivity contribution in [1.29, 1.82) is 0 Å². The number of ether oxygens (including phenoxy) is 2. The van der Waals surface area contributed by atoms with E-state index in [-0.39, 0.29) is 11.9 Å². The number of carbonyl (C=O) groups is 2. The zero-order valence-corrected chi connectivity index (χ0v) is 17.1. The molecule has 138 valence electrons. The number of methoxy groups -OCH3 is 1. The SMILES string of the molecule is CCOC(=O)c1c(NC(=O)c2ccc(OC)c(Br)c2)sc2c1CCCC2. The van der Waals surface area contributed by atoms with E-state index in [9.17, 15) is 9.59 Å². The van der Waals surface area contributed by atoms with E-state index < -0.39 is 0 Å². The zero-order valence-electron chi connectivity index (χ0n) is 14.7. The number of nitrogens with one attached hydrogen (secondary N) is 1. The van der Waals surface area contributed by atoms with Crippen LogP contribution in [0.15, 0.2) is 22.7 Å². The number of anilines is 1. The summed E-state index contributed by atoms with van der Waals surface area (Å²) >= 11 is 4.87. The highest BCUT2D eigenvalue weighted by atomic mass is 79.9. The second-order valence-corrected chi connectivity index (χ2v) is 7.90. The molecule has 0 saturated heterocycles. The van der Waals surface area contributed by atoms with E-state index >= 15 is 0 Å². The molecule has 7 heteroatoms. The second-order valence-electron chi connectivity index (χ2n) is 5.94. The van der Waals surface area contributed by atoms with Crippen molar-refractivity contribution in [3.63, 3.8) is 0 Å². The molecule has 1 heterocycles. The fourth-order valence-electron chi connectivity index (χ4n) is 3.06. The van der Waals surface area contributed by atoms with Crippen LogP contribution >= 0.6 is 27.3 Å². The van der Waals surface area contributed by atoms with Gasteiger partial charge in [-0.25, -0.2) is 4.79 Å². The van der Waals surface area contributed by atoms with Crippen molar-refractivity contribution in [2.75, 3.05) is 19.0 Å². The van der Waals surface area contributed by atoms with Crippen LogP contribution in [0.4, 0.5) is 5.00 Å². The van der Waals surface area contributed by atoms with Crippen LogP contribution < -0.4 is 10.1 Å². The molecule has 1 aromatic carbocycles. The fraction of sp³-hybridized carbons (Fsp3) is 0.368. The van der Waals surface area contributed by atoms with Gasteiger partial charge in [-0.05, 0) is 72.3 Å². The molecule has 0 aliphatic heterocycles. The lowest BCUT2D eigenvalue weighted by molar-refractivity contribution is 0.0526. The first-order valence-electron chi connectivity index (χ1n) is 8.51. The topological polar surface area (TPSA) is 64.6 Å². The van der Waals surface area contributed by atoms with Crippen molar-refractivity contribution in [3.05, 3.63) is 44.2 Å². The highest BCUT2D eigenvalue weighted by Crippen LogP contribution is 2.39. The summed E-state index contributed by atoms with van der Waals surface area (Å²) in [7, 11) is 1.57. The molecule has 0 saturated carbocycles. The number of benzene rings is 1. The Balaban J connectivity index is 1.91. The highest BCUT2D eigenvalue weighted by Gasteiger charge is 2.27. The van der Waals surface area contributed by atoms with Gasteiger partial charge in [-0.15, -0.1) is 11.3 Å². The van der Waals surface area contributed by atoms with Crippen LogP contribution in [-0.4, -0.2) is 25.6 Å². The van der Waals surface area contributed by atoms with E-state index in [2.05, 4.69) is 21.2 Å². The minimum atomic E-state index is -0.363. The van der Waals surface area contributed by atoms with Crippen LogP contribution in [0.3, 0.4) is 0 Å². The number of halogens is 1. The van der Waals surface area contributed by atoms with E-state index in [0.29, 0.717) is 33.0 Å². The molecule has 2 aromatic rings. The third-order valence-electron chi connectivity index (χ3n) is 4.29. The number of hydrogen-bond acceptors (Lipinski definition) is 5. The predicted molar refractivity (Wildman–Crippen MR) is 106 cm³/mol. The third kappa shape index (κ3) is 3.78. The van der Waals surface area contributed by atoms with Crippen LogP contribution in [-0.2, 0) is 17.6 Å². The van der Waals surface area contributed by atoms with Crippen molar-refractivity contribution in [1.82, 2.24) is 0 Å². The first-order chi connectivity index (χ1) is 12.5. The van der Waals surface area contributed by atoms with Crippen molar-refractivity contribution in [2.24, 2.45) is 0 Å². The van der Waals surface area contributed by atoms with Crippen LogP contribution in [0.1, 0.15) is 50.9 Å². The summed E-state index contributed by atoms with van der Waals surface area (Å²) in [5.41, 5.74) is 2.04. The van der Waals surface area contributed by atoms with Crippen LogP contribution in [0.2, 0.25) is 0 Å². The summed E-state index contributed by atoms with van der Waals surface area (Å²) < 4.78 is 11.1. The summed E-state index contributed by atoms with van der Waals surface area (Å²) in [6.07, 6.45) is 3.95. The normalized spacial score (nSPS) is 13.0. The smallest absolute Gasteiger partial charge is 0.341 e. The number of aryl methyl sites for hydroxylation is 1. The van der Waals surface area contributed by atoms with Gasteiger partial charge < -0.3 is 14.8 Å². The minimum Gasteiger partial charge on any atom is -0.496 e. The van der Waals surface area contributed by atoms with Gasteiger partial charge in [0.25, 0.3) is 5.91 Å². The maximum absolute atomic E-state index is 12.7. The van der Waals surface area contributed by atoms with Gasteiger partial charge in [0.1, 0.15) is 10.8 Å². The van der Waals surface area contributed by atoms with Gasteiger partial charge in [-0.1, -0.05) is 0 Å². The van der Waals surface area contributed by atoms with Gasteiger partial charge in [0.15, 0.2) is 0 Å². The number of fused-ring (bicyclic) bond motifs is 1. The maximum Gasteiger partial charge on any atom is 0.341 e. The van der Waals surface area contributed by atoms with Gasteiger partial charge in [-0.3, -0.25) is 4.79 Å². The Morgan fingerprint density at radius 2 is 2.04 bits per heavy atom. The minimum absolute atomic E-state index is 0.266. The third-order valence-corrected chi connectivity index (χ3v) is 6.12. The maximum atomic E-state index is 12.7. The monoisotopic (exact) mass is 437 g/mol. The molecule has 26 heavy (non-hydrogen) atoms. The Morgan fingerprint density at radius 3 is 2.73 bits per heavy atom. The quantitative estimate of drug-likeness (QED) is 0.680. The predicted octanol–water partition coefficient (Wildman–Crippen LogP) is 4.83. The molecule has 1 amide bonds. The Labute approximate surface area is 164 Å².